The van der Waals surface area contributed by atoms with Crippen molar-refractivity contribution in [2.24, 2.45) is 5.16 Å². The van der Waals surface area contributed by atoms with Crippen LogP contribution in [0.15, 0.2) is 35.5 Å². The Labute approximate surface area is 110 Å². The third-order valence-corrected chi connectivity index (χ3v) is 2.50. The zero-order valence-electron chi connectivity index (χ0n) is 10.7. The SMILES string of the molecule is CN(C)C(F)(F)C(=NOS(C)(=O)=O)c1ccccc1. The molecule has 0 heterocycles. The molecular weight excluding hydrogens is 278 g/mol. The Balaban J connectivity index is 3.27. The Hall–Kier alpha value is -1.54. The molecule has 0 aromatic heterocycles. The van der Waals surface area contributed by atoms with E-state index in [0.29, 0.717) is 4.90 Å². The van der Waals surface area contributed by atoms with Crippen LogP contribution in [0.4, 0.5) is 8.78 Å². The summed E-state index contributed by atoms with van der Waals surface area (Å²) in [6, 6.07) is 4.04. The van der Waals surface area contributed by atoms with Crippen LogP contribution in [0, 0.1) is 0 Å². The number of nitrogens with zero attached hydrogens (tertiary/aromatic N) is 2. The van der Waals surface area contributed by atoms with Crippen molar-refractivity contribution in [3.05, 3.63) is 35.9 Å². The van der Waals surface area contributed by atoms with Gasteiger partial charge in [0.2, 0.25) is 0 Å². The standard InChI is InChI=1S/C11H14F2N2O3S/c1-15(2)11(12,13)10(14-18-19(3,16)17)9-7-5-4-6-8-9/h4-8H,1-3H3. The number of rotatable bonds is 5. The summed E-state index contributed by atoms with van der Waals surface area (Å²) in [4.78, 5) is 0.616. The minimum atomic E-state index is -3.95. The van der Waals surface area contributed by atoms with Gasteiger partial charge in [0.25, 0.3) is 0 Å². The predicted octanol–water partition coefficient (Wildman–Crippen LogP) is 1.52. The molecule has 0 N–H and O–H groups in total. The molecule has 1 rings (SSSR count). The molecule has 0 aliphatic carbocycles. The fourth-order valence-electron chi connectivity index (χ4n) is 1.19. The summed E-state index contributed by atoms with van der Waals surface area (Å²) in [6.45, 7) is 0. The third kappa shape index (κ3) is 4.25. The second-order valence-corrected chi connectivity index (χ2v) is 5.58. The fraction of sp³-hybridized carbons (Fsp3) is 0.364. The normalized spacial score (nSPS) is 13.7. The van der Waals surface area contributed by atoms with Crippen LogP contribution in [-0.2, 0) is 14.4 Å². The quantitative estimate of drug-likeness (QED) is 0.469. The topological polar surface area (TPSA) is 59.0 Å². The Morgan fingerprint density at radius 2 is 1.79 bits per heavy atom. The minimum absolute atomic E-state index is 0.0739. The van der Waals surface area contributed by atoms with Gasteiger partial charge in [-0.3, -0.25) is 4.28 Å². The Morgan fingerprint density at radius 3 is 2.21 bits per heavy atom. The molecule has 8 heteroatoms. The minimum Gasteiger partial charge on any atom is -0.268 e. The van der Waals surface area contributed by atoms with E-state index in [2.05, 4.69) is 9.44 Å². The highest BCUT2D eigenvalue weighted by molar-refractivity contribution is 7.85. The van der Waals surface area contributed by atoms with Crippen LogP contribution in [0.5, 0.6) is 0 Å². The van der Waals surface area contributed by atoms with Crippen LogP contribution in [0.1, 0.15) is 5.56 Å². The van der Waals surface area contributed by atoms with Crippen molar-refractivity contribution in [3.8, 4) is 0 Å². The van der Waals surface area contributed by atoms with E-state index in [0.717, 1.165) is 20.4 Å². The van der Waals surface area contributed by atoms with Crippen LogP contribution in [0.3, 0.4) is 0 Å². The molecule has 0 bridgehead atoms. The number of hydrogen-bond donors (Lipinski definition) is 0. The van der Waals surface area contributed by atoms with Gasteiger partial charge < -0.3 is 0 Å². The van der Waals surface area contributed by atoms with Gasteiger partial charge in [0.15, 0.2) is 5.71 Å². The number of hydrogen-bond acceptors (Lipinski definition) is 5. The highest BCUT2D eigenvalue weighted by Crippen LogP contribution is 2.23. The summed E-state index contributed by atoms with van der Waals surface area (Å²) in [6.07, 6.45) is 0.729. The molecule has 1 aromatic carbocycles. The van der Waals surface area contributed by atoms with Gasteiger partial charge in [-0.25, -0.2) is 4.90 Å². The third-order valence-electron chi connectivity index (χ3n) is 2.16. The first-order valence-electron chi connectivity index (χ1n) is 5.22. The summed E-state index contributed by atoms with van der Waals surface area (Å²) in [5, 5.41) is 3.10. The smallest absolute Gasteiger partial charge is 0.268 e. The fourth-order valence-corrected chi connectivity index (χ4v) is 1.40. The molecule has 5 nitrogen and oxygen atoms in total. The highest BCUT2D eigenvalue weighted by atomic mass is 32.2. The van der Waals surface area contributed by atoms with Gasteiger partial charge in [0.1, 0.15) is 0 Å². The zero-order chi connectivity index (χ0) is 14.7. The van der Waals surface area contributed by atoms with Crippen LogP contribution < -0.4 is 0 Å². The Morgan fingerprint density at radius 1 is 1.26 bits per heavy atom. The summed E-state index contributed by atoms with van der Waals surface area (Å²) in [5.74, 6) is 0. The van der Waals surface area contributed by atoms with Crippen molar-refractivity contribution < 1.29 is 21.5 Å². The van der Waals surface area contributed by atoms with Gasteiger partial charge in [-0.05, 0) is 14.1 Å². The molecule has 0 fully saturated rings. The van der Waals surface area contributed by atoms with E-state index in [9.17, 15) is 17.2 Å². The average Bonchev–Trinajstić information content (AvgIpc) is 2.28. The number of alkyl halides is 2. The van der Waals surface area contributed by atoms with Gasteiger partial charge in [0.05, 0.1) is 6.26 Å². The van der Waals surface area contributed by atoms with Crippen molar-refractivity contribution in [2.75, 3.05) is 20.4 Å². The maximum atomic E-state index is 14.0. The lowest BCUT2D eigenvalue weighted by molar-refractivity contribution is -0.0557. The lowest BCUT2D eigenvalue weighted by atomic mass is 10.1. The van der Waals surface area contributed by atoms with E-state index in [1.807, 2.05) is 0 Å². The molecule has 1 aromatic rings. The number of likely N-dealkylation sites (N-methyl/N-ethyl adjacent to an activating group) is 1. The number of benzene rings is 1. The van der Waals surface area contributed by atoms with Crippen LogP contribution in [-0.4, -0.2) is 45.4 Å². The predicted molar refractivity (Wildman–Crippen MR) is 67.5 cm³/mol. The molecular formula is C11H14F2N2O3S. The van der Waals surface area contributed by atoms with Gasteiger partial charge in [0, 0.05) is 5.56 Å². The molecule has 0 radical (unpaired) electrons. The van der Waals surface area contributed by atoms with E-state index in [4.69, 9.17) is 0 Å². The molecule has 0 atom stereocenters. The van der Waals surface area contributed by atoms with Crippen molar-refractivity contribution in [1.82, 2.24) is 4.90 Å². The summed E-state index contributed by atoms with van der Waals surface area (Å²) < 4.78 is 53.9. The molecule has 19 heavy (non-hydrogen) atoms. The molecule has 0 saturated carbocycles. The maximum Gasteiger partial charge on any atom is 0.351 e. The average molecular weight is 292 g/mol. The first-order chi connectivity index (χ1) is 8.64. The zero-order valence-corrected chi connectivity index (χ0v) is 11.5. The molecule has 0 saturated heterocycles. The highest BCUT2D eigenvalue weighted by Gasteiger charge is 2.40. The van der Waals surface area contributed by atoms with Gasteiger partial charge >= 0.3 is 16.2 Å². The maximum absolute atomic E-state index is 14.0. The van der Waals surface area contributed by atoms with Crippen LogP contribution in [0.25, 0.3) is 0 Å². The Bertz CT molecular complexity index is 557. The lowest BCUT2D eigenvalue weighted by Crippen LogP contribution is -2.43. The lowest BCUT2D eigenvalue weighted by Gasteiger charge is -2.24. The van der Waals surface area contributed by atoms with E-state index in [1.54, 1.807) is 6.07 Å². The van der Waals surface area contributed by atoms with E-state index in [-0.39, 0.29) is 5.56 Å². The van der Waals surface area contributed by atoms with Crippen molar-refractivity contribution in [3.63, 3.8) is 0 Å². The number of halogens is 2. The largest absolute Gasteiger partial charge is 0.351 e. The Kier molecular flexibility index (Phi) is 4.59. The summed E-state index contributed by atoms with van der Waals surface area (Å²) in [7, 11) is -1.65. The first-order valence-corrected chi connectivity index (χ1v) is 7.04. The van der Waals surface area contributed by atoms with Gasteiger partial charge in [-0.1, -0.05) is 35.5 Å². The monoisotopic (exact) mass is 292 g/mol. The van der Waals surface area contributed by atoms with Crippen molar-refractivity contribution >= 4 is 15.8 Å². The summed E-state index contributed by atoms with van der Waals surface area (Å²) in [5.41, 5.74) is -0.701. The van der Waals surface area contributed by atoms with Gasteiger partial charge in [-0.15, -0.1) is 0 Å². The molecule has 106 valence electrons. The van der Waals surface area contributed by atoms with Gasteiger partial charge in [-0.2, -0.15) is 17.2 Å². The molecule has 0 aliphatic rings. The van der Waals surface area contributed by atoms with E-state index in [1.165, 1.54) is 24.3 Å². The summed E-state index contributed by atoms with van der Waals surface area (Å²) >= 11 is 0. The molecule has 0 spiro atoms. The van der Waals surface area contributed by atoms with Crippen LogP contribution in [0.2, 0.25) is 0 Å². The first kappa shape index (κ1) is 15.5. The second kappa shape index (κ2) is 5.62. The molecule has 0 unspecified atom stereocenters. The van der Waals surface area contributed by atoms with Crippen molar-refractivity contribution in [2.45, 2.75) is 6.05 Å². The van der Waals surface area contributed by atoms with E-state index >= 15 is 0 Å². The molecule has 0 aliphatic heterocycles. The second-order valence-electron chi connectivity index (χ2n) is 4.02. The van der Waals surface area contributed by atoms with Crippen molar-refractivity contribution in [1.29, 1.82) is 0 Å². The van der Waals surface area contributed by atoms with Crippen LogP contribution >= 0.6 is 0 Å². The van der Waals surface area contributed by atoms with E-state index < -0.39 is 21.9 Å². The molecule has 0 amide bonds. The number of oxime groups is 1.